The van der Waals surface area contributed by atoms with Crippen molar-refractivity contribution in [3.63, 3.8) is 0 Å². The molecule has 5 nitrogen and oxygen atoms in total. The highest BCUT2D eigenvalue weighted by Crippen LogP contribution is 2.11. The van der Waals surface area contributed by atoms with Crippen molar-refractivity contribution in [2.45, 2.75) is 19.3 Å². The predicted octanol–water partition coefficient (Wildman–Crippen LogP) is 2.74. The molecular formula is C20H27N3O2. The number of nitrogens with zero attached hydrogens (tertiary/aromatic N) is 1. The molecule has 0 saturated carbocycles. The van der Waals surface area contributed by atoms with Crippen LogP contribution in [-0.2, 0) is 12.8 Å². The van der Waals surface area contributed by atoms with Crippen LogP contribution >= 0.6 is 0 Å². The Hall–Kier alpha value is -2.69. The van der Waals surface area contributed by atoms with Crippen LogP contribution in [-0.4, -0.2) is 38.3 Å². The Morgan fingerprint density at radius 3 is 2.16 bits per heavy atom. The van der Waals surface area contributed by atoms with Crippen LogP contribution in [0.5, 0.6) is 11.5 Å². The number of aryl methyl sites for hydroxylation is 1. The third-order valence-electron chi connectivity index (χ3n) is 3.96. The van der Waals surface area contributed by atoms with Crippen LogP contribution in [0.2, 0.25) is 0 Å². The molecule has 0 radical (unpaired) electrons. The molecule has 5 heteroatoms. The molecule has 0 heterocycles. The van der Waals surface area contributed by atoms with Gasteiger partial charge in [-0.25, -0.2) is 0 Å². The largest absolute Gasteiger partial charge is 0.508 e. The molecule has 0 aliphatic carbocycles. The highest BCUT2D eigenvalue weighted by molar-refractivity contribution is 5.79. The Kier molecular flexibility index (Phi) is 7.63. The van der Waals surface area contributed by atoms with Gasteiger partial charge < -0.3 is 20.5 Å². The lowest BCUT2D eigenvalue weighted by molar-refractivity contribution is 0.414. The molecule has 134 valence electrons. The molecule has 0 fully saturated rings. The second kappa shape index (κ2) is 10.2. The van der Waals surface area contributed by atoms with E-state index in [1.165, 1.54) is 11.1 Å². The number of phenols is 1. The average molecular weight is 341 g/mol. The third-order valence-corrected chi connectivity index (χ3v) is 3.96. The van der Waals surface area contributed by atoms with Gasteiger partial charge in [0.15, 0.2) is 5.96 Å². The fourth-order valence-electron chi connectivity index (χ4n) is 2.50. The minimum Gasteiger partial charge on any atom is -0.508 e. The number of phenolic OH excluding ortho intramolecular Hbond substituents is 1. The van der Waals surface area contributed by atoms with Crippen LogP contribution < -0.4 is 15.4 Å². The number of ether oxygens (including phenoxy) is 1. The lowest BCUT2D eigenvalue weighted by Gasteiger charge is -2.12. The molecule has 0 atom stereocenters. The maximum atomic E-state index is 9.28. The van der Waals surface area contributed by atoms with Crippen LogP contribution in [0.15, 0.2) is 53.5 Å². The lowest BCUT2D eigenvalue weighted by Crippen LogP contribution is -2.38. The van der Waals surface area contributed by atoms with Gasteiger partial charge in [0.2, 0.25) is 0 Å². The first-order chi connectivity index (χ1) is 12.2. The highest BCUT2D eigenvalue weighted by Gasteiger charge is 1.99. The van der Waals surface area contributed by atoms with Crippen LogP contribution in [0.3, 0.4) is 0 Å². The van der Waals surface area contributed by atoms with Crippen molar-refractivity contribution in [2.24, 2.45) is 4.99 Å². The van der Waals surface area contributed by atoms with Gasteiger partial charge in [0, 0.05) is 20.1 Å². The molecule has 2 aromatic carbocycles. The molecule has 0 aliphatic heterocycles. The summed E-state index contributed by atoms with van der Waals surface area (Å²) >= 11 is 0. The fourth-order valence-corrected chi connectivity index (χ4v) is 2.50. The number of benzene rings is 2. The van der Waals surface area contributed by atoms with Gasteiger partial charge >= 0.3 is 0 Å². The van der Waals surface area contributed by atoms with Crippen LogP contribution in [0, 0.1) is 0 Å². The first-order valence-corrected chi connectivity index (χ1v) is 8.56. The molecular weight excluding hydrogens is 314 g/mol. The number of nitrogens with one attached hydrogen (secondary N) is 2. The molecule has 0 bridgehead atoms. The Morgan fingerprint density at radius 1 is 0.920 bits per heavy atom. The number of guanidine groups is 1. The highest BCUT2D eigenvalue weighted by atomic mass is 16.5. The van der Waals surface area contributed by atoms with E-state index < -0.39 is 0 Å². The molecule has 0 amide bonds. The van der Waals surface area contributed by atoms with E-state index in [9.17, 15) is 5.11 Å². The van der Waals surface area contributed by atoms with Gasteiger partial charge in [0.1, 0.15) is 11.5 Å². The molecule has 0 saturated heterocycles. The molecule has 2 rings (SSSR count). The van der Waals surface area contributed by atoms with Crippen molar-refractivity contribution in [3.8, 4) is 11.5 Å². The zero-order chi connectivity index (χ0) is 17.9. The molecule has 0 unspecified atom stereocenters. The maximum Gasteiger partial charge on any atom is 0.190 e. The zero-order valence-corrected chi connectivity index (χ0v) is 15.0. The minimum absolute atomic E-state index is 0.309. The quantitative estimate of drug-likeness (QED) is 0.392. The first-order valence-electron chi connectivity index (χ1n) is 8.56. The van der Waals surface area contributed by atoms with E-state index in [1.807, 2.05) is 24.3 Å². The van der Waals surface area contributed by atoms with Crippen LogP contribution in [0.25, 0.3) is 0 Å². The molecule has 0 aromatic heterocycles. The summed E-state index contributed by atoms with van der Waals surface area (Å²) in [6.07, 6.45) is 2.90. The van der Waals surface area contributed by atoms with E-state index in [0.29, 0.717) is 5.75 Å². The van der Waals surface area contributed by atoms with Crippen LogP contribution in [0.1, 0.15) is 17.5 Å². The van der Waals surface area contributed by atoms with E-state index in [-0.39, 0.29) is 0 Å². The van der Waals surface area contributed by atoms with Crippen molar-refractivity contribution >= 4 is 5.96 Å². The molecule has 25 heavy (non-hydrogen) atoms. The topological polar surface area (TPSA) is 65.9 Å². The van der Waals surface area contributed by atoms with Crippen molar-refractivity contribution < 1.29 is 9.84 Å². The monoisotopic (exact) mass is 341 g/mol. The zero-order valence-electron chi connectivity index (χ0n) is 15.0. The van der Waals surface area contributed by atoms with E-state index >= 15 is 0 Å². The maximum absolute atomic E-state index is 9.28. The Labute approximate surface area is 149 Å². The number of hydrogen-bond acceptors (Lipinski definition) is 3. The SMILES string of the molecule is CN=C(NCCCc1ccc(O)cc1)NCCc1ccc(OC)cc1. The summed E-state index contributed by atoms with van der Waals surface area (Å²) in [4.78, 5) is 4.24. The van der Waals surface area contributed by atoms with Crippen molar-refractivity contribution in [2.75, 3.05) is 27.2 Å². The van der Waals surface area contributed by atoms with E-state index in [0.717, 1.165) is 44.1 Å². The van der Waals surface area contributed by atoms with E-state index in [1.54, 1.807) is 26.3 Å². The molecule has 2 aromatic rings. The van der Waals surface area contributed by atoms with Crippen LogP contribution in [0.4, 0.5) is 0 Å². The van der Waals surface area contributed by atoms with Gasteiger partial charge in [-0.15, -0.1) is 0 Å². The smallest absolute Gasteiger partial charge is 0.190 e. The number of methoxy groups -OCH3 is 1. The summed E-state index contributed by atoms with van der Waals surface area (Å²) in [6, 6.07) is 15.5. The molecule has 3 N–H and O–H groups in total. The molecule has 0 spiro atoms. The second-order valence-corrected chi connectivity index (χ2v) is 5.79. The van der Waals surface area contributed by atoms with Gasteiger partial charge in [-0.05, 0) is 54.7 Å². The van der Waals surface area contributed by atoms with E-state index in [2.05, 4.69) is 27.8 Å². The van der Waals surface area contributed by atoms with Gasteiger partial charge in [-0.3, -0.25) is 4.99 Å². The Balaban J connectivity index is 1.63. The summed E-state index contributed by atoms with van der Waals surface area (Å²) in [5.74, 6) is 2.00. The number of aliphatic imine (C=N–C) groups is 1. The first kappa shape index (κ1) is 18.6. The third kappa shape index (κ3) is 6.75. The number of hydrogen-bond donors (Lipinski definition) is 3. The fraction of sp³-hybridized carbons (Fsp3) is 0.350. The predicted molar refractivity (Wildman–Crippen MR) is 102 cm³/mol. The Bertz CT molecular complexity index is 652. The normalized spacial score (nSPS) is 11.2. The van der Waals surface area contributed by atoms with E-state index in [4.69, 9.17) is 4.74 Å². The average Bonchev–Trinajstić information content (AvgIpc) is 2.65. The van der Waals surface area contributed by atoms with Gasteiger partial charge in [-0.1, -0.05) is 24.3 Å². The van der Waals surface area contributed by atoms with Crippen molar-refractivity contribution in [1.29, 1.82) is 0 Å². The summed E-state index contributed by atoms with van der Waals surface area (Å²) in [5.41, 5.74) is 2.48. The summed E-state index contributed by atoms with van der Waals surface area (Å²) in [6.45, 7) is 1.67. The summed E-state index contributed by atoms with van der Waals surface area (Å²) in [7, 11) is 3.45. The van der Waals surface area contributed by atoms with Gasteiger partial charge in [0.05, 0.1) is 7.11 Å². The van der Waals surface area contributed by atoms with Gasteiger partial charge in [-0.2, -0.15) is 0 Å². The summed E-state index contributed by atoms with van der Waals surface area (Å²) in [5, 5.41) is 15.9. The van der Waals surface area contributed by atoms with Crippen molar-refractivity contribution in [1.82, 2.24) is 10.6 Å². The lowest BCUT2D eigenvalue weighted by atomic mass is 10.1. The minimum atomic E-state index is 0.309. The number of aromatic hydroxyl groups is 1. The standard InChI is InChI=1S/C20H27N3O2/c1-21-20(22-14-3-4-16-5-9-18(24)10-6-16)23-15-13-17-7-11-19(25-2)12-8-17/h5-12,24H,3-4,13-15H2,1-2H3,(H2,21,22,23). The Morgan fingerprint density at radius 2 is 1.52 bits per heavy atom. The van der Waals surface area contributed by atoms with Gasteiger partial charge in [0.25, 0.3) is 0 Å². The molecule has 0 aliphatic rings. The van der Waals surface area contributed by atoms with Crippen molar-refractivity contribution in [3.05, 3.63) is 59.7 Å². The number of rotatable bonds is 8. The second-order valence-electron chi connectivity index (χ2n) is 5.79. The summed E-state index contributed by atoms with van der Waals surface area (Å²) < 4.78 is 5.16.